The molecule has 1 amide bonds. The second-order valence-electron chi connectivity index (χ2n) is 6.94. The first-order chi connectivity index (χ1) is 14.3. The predicted octanol–water partition coefficient (Wildman–Crippen LogP) is 4.15. The van der Waals surface area contributed by atoms with E-state index < -0.39 is 0 Å². The van der Waals surface area contributed by atoms with Gasteiger partial charge in [-0.05, 0) is 37.1 Å². The molecule has 0 saturated heterocycles. The molecule has 2 aromatic heterocycles. The highest BCUT2D eigenvalue weighted by molar-refractivity contribution is 7.99. The predicted molar refractivity (Wildman–Crippen MR) is 112 cm³/mol. The number of para-hydroxylation sites is 1. The van der Waals surface area contributed by atoms with Crippen LogP contribution in [0.5, 0.6) is 0 Å². The fourth-order valence-electron chi connectivity index (χ4n) is 3.51. The summed E-state index contributed by atoms with van der Waals surface area (Å²) < 4.78 is 7.24. The van der Waals surface area contributed by atoms with Crippen LogP contribution < -0.4 is 5.43 Å². The number of thioether (sulfide) groups is 1. The van der Waals surface area contributed by atoms with Crippen LogP contribution >= 0.6 is 11.8 Å². The highest BCUT2D eigenvalue weighted by atomic mass is 32.2. The van der Waals surface area contributed by atoms with Crippen LogP contribution in [-0.2, 0) is 4.79 Å². The van der Waals surface area contributed by atoms with Gasteiger partial charge in [0.2, 0.25) is 0 Å². The lowest BCUT2D eigenvalue weighted by molar-refractivity contribution is -0.118. The summed E-state index contributed by atoms with van der Waals surface area (Å²) in [6, 6.07) is 13.6. The first kappa shape index (κ1) is 19.4. The molecule has 1 aliphatic carbocycles. The molecule has 0 spiro atoms. The van der Waals surface area contributed by atoms with Crippen LogP contribution in [0.15, 0.2) is 63.4 Å². The minimum atomic E-state index is -0.209. The van der Waals surface area contributed by atoms with Crippen LogP contribution in [0.25, 0.3) is 5.69 Å². The van der Waals surface area contributed by atoms with Gasteiger partial charge in [0, 0.05) is 11.6 Å². The van der Waals surface area contributed by atoms with Gasteiger partial charge in [0.15, 0.2) is 5.16 Å². The van der Waals surface area contributed by atoms with Crippen LogP contribution in [0, 0.1) is 0 Å². The molecule has 0 atom stereocenters. The van der Waals surface area contributed by atoms with E-state index in [1.54, 1.807) is 18.4 Å². The molecular formula is C21H23N5O2S. The summed E-state index contributed by atoms with van der Waals surface area (Å²) >= 11 is 1.36. The smallest absolute Gasteiger partial charge is 0.250 e. The highest BCUT2D eigenvalue weighted by Gasteiger charge is 2.24. The van der Waals surface area contributed by atoms with Crippen molar-refractivity contribution in [2.24, 2.45) is 5.10 Å². The van der Waals surface area contributed by atoms with E-state index in [1.165, 1.54) is 37.2 Å². The summed E-state index contributed by atoms with van der Waals surface area (Å²) in [4.78, 5) is 12.2. The van der Waals surface area contributed by atoms with Gasteiger partial charge in [-0.2, -0.15) is 5.10 Å². The molecule has 7 nitrogen and oxygen atoms in total. The molecule has 1 aromatic carbocycles. The van der Waals surface area contributed by atoms with Crippen molar-refractivity contribution in [1.82, 2.24) is 20.2 Å². The Kier molecular flexibility index (Phi) is 6.41. The number of hydrogen-bond donors (Lipinski definition) is 1. The number of nitrogens with one attached hydrogen (secondary N) is 1. The van der Waals surface area contributed by atoms with Crippen LogP contribution in [0.2, 0.25) is 0 Å². The number of benzene rings is 1. The van der Waals surface area contributed by atoms with Crippen molar-refractivity contribution in [3.63, 3.8) is 0 Å². The molecule has 8 heteroatoms. The molecule has 3 aromatic rings. The van der Waals surface area contributed by atoms with E-state index in [4.69, 9.17) is 4.42 Å². The van der Waals surface area contributed by atoms with Crippen molar-refractivity contribution in [3.05, 3.63) is 60.3 Å². The fourth-order valence-corrected chi connectivity index (χ4v) is 4.27. The van der Waals surface area contributed by atoms with E-state index in [0.717, 1.165) is 29.5 Å². The summed E-state index contributed by atoms with van der Waals surface area (Å²) in [7, 11) is 0. The monoisotopic (exact) mass is 409 g/mol. The number of amides is 1. The van der Waals surface area contributed by atoms with Crippen LogP contribution in [0.3, 0.4) is 0 Å². The average molecular weight is 410 g/mol. The van der Waals surface area contributed by atoms with E-state index in [1.807, 2.05) is 30.3 Å². The van der Waals surface area contributed by atoms with Crippen molar-refractivity contribution in [2.45, 2.75) is 43.2 Å². The first-order valence-electron chi connectivity index (χ1n) is 9.80. The van der Waals surface area contributed by atoms with Gasteiger partial charge >= 0.3 is 0 Å². The van der Waals surface area contributed by atoms with Gasteiger partial charge in [0.25, 0.3) is 5.91 Å². The van der Waals surface area contributed by atoms with Gasteiger partial charge in [-0.15, -0.1) is 10.2 Å². The van der Waals surface area contributed by atoms with Gasteiger partial charge in [0.1, 0.15) is 11.6 Å². The van der Waals surface area contributed by atoms with Crippen LogP contribution in [0.4, 0.5) is 0 Å². The lowest BCUT2D eigenvalue weighted by Crippen LogP contribution is -2.20. The van der Waals surface area contributed by atoms with Crippen molar-refractivity contribution in [3.8, 4) is 5.69 Å². The third-order valence-corrected chi connectivity index (χ3v) is 5.83. The number of furan rings is 1. The number of rotatable bonds is 7. The number of hydrazone groups is 1. The Bertz CT molecular complexity index is 947. The zero-order valence-corrected chi connectivity index (χ0v) is 16.8. The molecule has 0 unspecified atom stereocenters. The quantitative estimate of drug-likeness (QED) is 0.360. The largest absolute Gasteiger partial charge is 0.463 e. The zero-order valence-electron chi connectivity index (χ0n) is 16.0. The van der Waals surface area contributed by atoms with E-state index >= 15 is 0 Å². The second-order valence-corrected chi connectivity index (χ2v) is 7.89. The number of aromatic nitrogens is 3. The molecule has 2 heterocycles. The normalized spacial score (nSPS) is 15.0. The van der Waals surface area contributed by atoms with Gasteiger partial charge in [0.05, 0.1) is 18.2 Å². The Hall–Kier alpha value is -2.87. The fraction of sp³-hybridized carbons (Fsp3) is 0.333. The Labute approximate surface area is 173 Å². The van der Waals surface area contributed by atoms with Crippen molar-refractivity contribution in [1.29, 1.82) is 0 Å². The van der Waals surface area contributed by atoms with Crippen molar-refractivity contribution < 1.29 is 9.21 Å². The van der Waals surface area contributed by atoms with Gasteiger partial charge in [-0.25, -0.2) is 5.43 Å². The third-order valence-electron chi connectivity index (χ3n) is 4.90. The number of hydrogen-bond acceptors (Lipinski definition) is 6. The SMILES string of the molecule is O=C(CSc1nnc(C2CCCCC2)n1-c1ccccc1)N/N=C/c1ccco1. The molecular weight excluding hydrogens is 386 g/mol. The number of carbonyl (C=O) groups excluding carboxylic acids is 1. The second kappa shape index (κ2) is 9.56. The minimum absolute atomic E-state index is 0.200. The Morgan fingerprint density at radius 2 is 2.00 bits per heavy atom. The molecule has 4 rings (SSSR count). The number of nitrogens with zero attached hydrogens (tertiary/aromatic N) is 4. The van der Waals surface area contributed by atoms with Crippen molar-refractivity contribution in [2.75, 3.05) is 5.75 Å². The van der Waals surface area contributed by atoms with E-state index in [2.05, 4.69) is 25.3 Å². The van der Waals surface area contributed by atoms with Crippen LogP contribution in [0.1, 0.15) is 49.6 Å². The van der Waals surface area contributed by atoms with E-state index in [-0.39, 0.29) is 11.7 Å². The third kappa shape index (κ3) is 4.95. The molecule has 1 aliphatic rings. The molecule has 29 heavy (non-hydrogen) atoms. The molecule has 1 N–H and O–H groups in total. The molecule has 1 fully saturated rings. The van der Waals surface area contributed by atoms with Crippen molar-refractivity contribution >= 4 is 23.9 Å². The standard InChI is InChI=1S/C21H23N5O2S/c27-19(23-22-14-18-12-7-13-28-18)15-29-21-25-24-20(16-8-3-1-4-9-16)26(21)17-10-5-2-6-11-17/h2,5-7,10-14,16H,1,3-4,8-9,15H2,(H,23,27)/b22-14+. The Morgan fingerprint density at radius 3 is 2.76 bits per heavy atom. The molecule has 0 bridgehead atoms. The average Bonchev–Trinajstić information content (AvgIpc) is 3.43. The lowest BCUT2D eigenvalue weighted by Gasteiger charge is -2.22. The molecule has 0 radical (unpaired) electrons. The highest BCUT2D eigenvalue weighted by Crippen LogP contribution is 2.34. The topological polar surface area (TPSA) is 85.3 Å². The maximum atomic E-state index is 12.2. The van der Waals surface area contributed by atoms with Gasteiger partial charge < -0.3 is 4.42 Å². The zero-order chi connectivity index (χ0) is 19.9. The summed E-state index contributed by atoms with van der Waals surface area (Å²) in [5.74, 6) is 1.98. The summed E-state index contributed by atoms with van der Waals surface area (Å²) in [6.07, 6.45) is 9.04. The van der Waals surface area contributed by atoms with E-state index in [9.17, 15) is 4.79 Å². The molecule has 0 aliphatic heterocycles. The Morgan fingerprint density at radius 1 is 1.17 bits per heavy atom. The maximum absolute atomic E-state index is 12.2. The molecule has 150 valence electrons. The number of carbonyl (C=O) groups is 1. The summed E-state index contributed by atoms with van der Waals surface area (Å²) in [5.41, 5.74) is 3.54. The Balaban J connectivity index is 1.46. The summed E-state index contributed by atoms with van der Waals surface area (Å²) in [6.45, 7) is 0. The maximum Gasteiger partial charge on any atom is 0.250 e. The van der Waals surface area contributed by atoms with E-state index in [0.29, 0.717) is 11.7 Å². The molecule has 1 saturated carbocycles. The van der Waals surface area contributed by atoms with Gasteiger partial charge in [-0.1, -0.05) is 49.2 Å². The van der Waals surface area contributed by atoms with Gasteiger partial charge in [-0.3, -0.25) is 9.36 Å². The first-order valence-corrected chi connectivity index (χ1v) is 10.8. The summed E-state index contributed by atoms with van der Waals surface area (Å²) in [5, 5.41) is 13.5. The lowest BCUT2D eigenvalue weighted by atomic mass is 9.88. The minimum Gasteiger partial charge on any atom is -0.463 e. The van der Waals surface area contributed by atoms with Crippen LogP contribution in [-0.4, -0.2) is 32.6 Å².